The van der Waals surface area contributed by atoms with Crippen LogP contribution in [-0.4, -0.2) is 17.9 Å². The maximum Gasteiger partial charge on any atom is 0.119 e. The second kappa shape index (κ2) is 9.73. The van der Waals surface area contributed by atoms with E-state index in [9.17, 15) is 0 Å². The third-order valence-electron chi connectivity index (χ3n) is 5.15. The van der Waals surface area contributed by atoms with Gasteiger partial charge in [-0.2, -0.15) is 0 Å². The summed E-state index contributed by atoms with van der Waals surface area (Å²) in [5.74, 6) is 0.985. The van der Waals surface area contributed by atoms with Crippen LogP contribution >= 0.6 is 0 Å². The Labute approximate surface area is 170 Å². The molecule has 1 aliphatic heterocycles. The average molecular weight is 376 g/mol. The summed E-state index contributed by atoms with van der Waals surface area (Å²) in [4.78, 5) is 4.99. The zero-order valence-corrected chi connectivity index (χ0v) is 17.6. The summed E-state index contributed by atoms with van der Waals surface area (Å²) in [6.45, 7) is 7.46. The molecule has 0 bridgehead atoms. The number of nitrogens with zero attached hydrogens (tertiary/aromatic N) is 1. The van der Waals surface area contributed by atoms with Crippen molar-refractivity contribution in [2.24, 2.45) is 4.99 Å². The van der Waals surface area contributed by atoms with E-state index in [1.54, 1.807) is 0 Å². The van der Waals surface area contributed by atoms with Gasteiger partial charge in [0.25, 0.3) is 0 Å². The van der Waals surface area contributed by atoms with Crippen molar-refractivity contribution in [3.8, 4) is 5.75 Å². The SMILES string of the molecule is CCCCCCCOc1ccc2c(c1)CC(C)(C)N=C2C=Cc1ccccc1. The second-order valence-corrected chi connectivity index (χ2v) is 8.31. The highest BCUT2D eigenvalue weighted by atomic mass is 16.5. The number of aliphatic imine (C=N–C) groups is 1. The lowest BCUT2D eigenvalue weighted by molar-refractivity contribution is 0.304. The zero-order valence-electron chi connectivity index (χ0n) is 17.6. The summed E-state index contributed by atoms with van der Waals surface area (Å²) >= 11 is 0. The van der Waals surface area contributed by atoms with Crippen molar-refractivity contribution in [3.05, 3.63) is 71.3 Å². The summed E-state index contributed by atoms with van der Waals surface area (Å²) in [7, 11) is 0. The summed E-state index contributed by atoms with van der Waals surface area (Å²) in [5, 5.41) is 0. The van der Waals surface area contributed by atoms with Gasteiger partial charge in [-0.05, 0) is 62.1 Å². The fourth-order valence-electron chi connectivity index (χ4n) is 3.71. The van der Waals surface area contributed by atoms with Crippen molar-refractivity contribution < 1.29 is 4.74 Å². The van der Waals surface area contributed by atoms with Crippen molar-refractivity contribution in [2.75, 3.05) is 6.61 Å². The van der Waals surface area contributed by atoms with Gasteiger partial charge in [0.15, 0.2) is 0 Å². The molecule has 0 fully saturated rings. The minimum absolute atomic E-state index is 0.0951. The standard InChI is InChI=1S/C26H33NO/c1-4-5-6-7-11-18-28-23-15-16-24-22(19-23)20-26(2,3)27-25(24)17-14-21-12-9-8-10-13-21/h8-10,12-17,19H,4-7,11,18,20H2,1-3H3. The van der Waals surface area contributed by atoms with Gasteiger partial charge in [-0.3, -0.25) is 4.99 Å². The Hall–Kier alpha value is -2.35. The fraction of sp³-hybridized carbons (Fsp3) is 0.423. The molecule has 0 aromatic heterocycles. The van der Waals surface area contributed by atoms with E-state index in [0.29, 0.717) is 0 Å². The number of fused-ring (bicyclic) bond motifs is 1. The molecule has 0 atom stereocenters. The van der Waals surface area contributed by atoms with Gasteiger partial charge in [0.2, 0.25) is 0 Å². The Balaban J connectivity index is 1.70. The van der Waals surface area contributed by atoms with Gasteiger partial charge in [0.1, 0.15) is 5.75 Å². The van der Waals surface area contributed by atoms with Crippen molar-refractivity contribution in [3.63, 3.8) is 0 Å². The van der Waals surface area contributed by atoms with E-state index in [1.165, 1.54) is 42.4 Å². The summed E-state index contributed by atoms with van der Waals surface area (Å²) in [6.07, 6.45) is 11.5. The average Bonchev–Trinajstić information content (AvgIpc) is 2.68. The molecule has 28 heavy (non-hydrogen) atoms. The number of ether oxygens (including phenoxy) is 1. The Kier molecular flexibility index (Phi) is 7.08. The van der Waals surface area contributed by atoms with E-state index in [-0.39, 0.29) is 5.54 Å². The van der Waals surface area contributed by atoms with Gasteiger partial charge in [-0.25, -0.2) is 0 Å². The first-order valence-electron chi connectivity index (χ1n) is 10.7. The third-order valence-corrected chi connectivity index (χ3v) is 5.15. The zero-order chi connectivity index (χ0) is 19.8. The van der Waals surface area contributed by atoms with Crippen LogP contribution in [0, 0.1) is 0 Å². The van der Waals surface area contributed by atoms with Crippen LogP contribution in [0.1, 0.15) is 69.6 Å². The monoisotopic (exact) mass is 375 g/mol. The van der Waals surface area contributed by atoms with E-state index in [4.69, 9.17) is 9.73 Å². The van der Waals surface area contributed by atoms with Crippen LogP contribution in [0.2, 0.25) is 0 Å². The number of unbranched alkanes of at least 4 members (excludes halogenated alkanes) is 4. The quantitative estimate of drug-likeness (QED) is 0.438. The van der Waals surface area contributed by atoms with Crippen LogP contribution in [0.15, 0.2) is 59.6 Å². The van der Waals surface area contributed by atoms with Crippen molar-refractivity contribution in [1.29, 1.82) is 0 Å². The minimum atomic E-state index is -0.0951. The Morgan fingerprint density at radius 3 is 2.54 bits per heavy atom. The van der Waals surface area contributed by atoms with Crippen LogP contribution in [-0.2, 0) is 6.42 Å². The van der Waals surface area contributed by atoms with E-state index in [0.717, 1.165) is 30.9 Å². The van der Waals surface area contributed by atoms with E-state index in [2.05, 4.69) is 75.4 Å². The van der Waals surface area contributed by atoms with Crippen LogP contribution in [0.3, 0.4) is 0 Å². The number of allylic oxidation sites excluding steroid dienone is 1. The highest BCUT2D eigenvalue weighted by Gasteiger charge is 2.26. The second-order valence-electron chi connectivity index (χ2n) is 8.31. The van der Waals surface area contributed by atoms with Gasteiger partial charge in [0.05, 0.1) is 17.9 Å². The number of benzene rings is 2. The van der Waals surface area contributed by atoms with E-state index >= 15 is 0 Å². The molecule has 1 heterocycles. The molecule has 0 saturated carbocycles. The molecule has 0 N–H and O–H groups in total. The van der Waals surface area contributed by atoms with Gasteiger partial charge < -0.3 is 4.74 Å². The molecular weight excluding hydrogens is 342 g/mol. The molecule has 2 aromatic rings. The molecule has 0 aliphatic carbocycles. The first-order valence-corrected chi connectivity index (χ1v) is 10.7. The molecule has 1 aliphatic rings. The summed E-state index contributed by atoms with van der Waals surface area (Å²) in [5.41, 5.74) is 4.71. The molecule has 148 valence electrons. The smallest absolute Gasteiger partial charge is 0.119 e. The van der Waals surface area contributed by atoms with Crippen LogP contribution in [0.25, 0.3) is 6.08 Å². The largest absolute Gasteiger partial charge is 0.494 e. The van der Waals surface area contributed by atoms with Crippen molar-refractivity contribution in [1.82, 2.24) is 0 Å². The molecule has 0 amide bonds. The predicted octanol–water partition coefficient (Wildman–Crippen LogP) is 6.87. The first-order chi connectivity index (χ1) is 13.6. The molecule has 0 saturated heterocycles. The van der Waals surface area contributed by atoms with Crippen LogP contribution in [0.5, 0.6) is 5.75 Å². The predicted molar refractivity (Wildman–Crippen MR) is 120 cm³/mol. The minimum Gasteiger partial charge on any atom is -0.494 e. The lowest BCUT2D eigenvalue weighted by Crippen LogP contribution is -2.28. The topological polar surface area (TPSA) is 21.6 Å². The highest BCUT2D eigenvalue weighted by molar-refractivity contribution is 6.12. The van der Waals surface area contributed by atoms with Gasteiger partial charge in [0, 0.05) is 5.56 Å². The maximum absolute atomic E-state index is 6.03. The molecule has 0 radical (unpaired) electrons. The molecule has 2 nitrogen and oxygen atoms in total. The molecule has 3 rings (SSSR count). The Morgan fingerprint density at radius 1 is 0.964 bits per heavy atom. The Bertz CT molecular complexity index is 818. The van der Waals surface area contributed by atoms with Crippen molar-refractivity contribution >= 4 is 11.8 Å². The normalized spacial score (nSPS) is 15.3. The van der Waals surface area contributed by atoms with Crippen molar-refractivity contribution in [2.45, 2.75) is 64.8 Å². The number of rotatable bonds is 9. The lowest BCUT2D eigenvalue weighted by atomic mass is 9.86. The molecule has 2 heteroatoms. The number of hydrogen-bond donors (Lipinski definition) is 0. The lowest BCUT2D eigenvalue weighted by Gasteiger charge is -2.28. The Morgan fingerprint density at radius 2 is 1.75 bits per heavy atom. The van der Waals surface area contributed by atoms with Crippen LogP contribution in [0.4, 0.5) is 0 Å². The molecular formula is C26H33NO. The molecule has 0 spiro atoms. The van der Waals surface area contributed by atoms with Gasteiger partial charge in [-0.1, -0.05) is 69.0 Å². The first kappa shape index (κ1) is 20.4. The third kappa shape index (κ3) is 5.82. The fourth-order valence-corrected chi connectivity index (χ4v) is 3.71. The van der Waals surface area contributed by atoms with Crippen LogP contribution < -0.4 is 4.74 Å². The maximum atomic E-state index is 6.03. The van der Waals surface area contributed by atoms with Gasteiger partial charge >= 0.3 is 0 Å². The van der Waals surface area contributed by atoms with E-state index in [1.807, 2.05) is 6.07 Å². The molecule has 0 unspecified atom stereocenters. The van der Waals surface area contributed by atoms with Gasteiger partial charge in [-0.15, -0.1) is 0 Å². The van der Waals surface area contributed by atoms with E-state index < -0.39 is 0 Å². The summed E-state index contributed by atoms with van der Waals surface area (Å²) < 4.78 is 6.03. The highest BCUT2D eigenvalue weighted by Crippen LogP contribution is 2.30. The number of hydrogen-bond acceptors (Lipinski definition) is 2. The molecule has 2 aromatic carbocycles. The summed E-state index contributed by atoms with van der Waals surface area (Å²) in [6, 6.07) is 16.9.